The van der Waals surface area contributed by atoms with Crippen LogP contribution in [0.5, 0.6) is 0 Å². The van der Waals surface area contributed by atoms with Crippen LogP contribution in [0, 0.1) is 5.41 Å². The van der Waals surface area contributed by atoms with Gasteiger partial charge in [-0.3, -0.25) is 9.98 Å². The van der Waals surface area contributed by atoms with Gasteiger partial charge in [-0.2, -0.15) is 0 Å². The Morgan fingerprint density at radius 3 is 2.50 bits per heavy atom. The quantitative estimate of drug-likeness (QED) is 0.505. The number of benzene rings is 2. The van der Waals surface area contributed by atoms with Crippen molar-refractivity contribution in [2.45, 2.75) is 6.42 Å². The van der Waals surface area contributed by atoms with Crippen molar-refractivity contribution in [3.63, 3.8) is 0 Å². The average Bonchev–Trinajstić information content (AvgIpc) is 2.68. The van der Waals surface area contributed by atoms with Gasteiger partial charge in [-0.05, 0) is 17.2 Å². The van der Waals surface area contributed by atoms with Gasteiger partial charge in [-0.15, -0.1) is 0 Å². The van der Waals surface area contributed by atoms with Crippen LogP contribution in [-0.4, -0.2) is 9.13 Å². The summed E-state index contributed by atoms with van der Waals surface area (Å²) in [6, 6.07) is 16.8. The van der Waals surface area contributed by atoms with Gasteiger partial charge in [0.1, 0.15) is 0 Å². The number of nitrogens with zero attached hydrogens (tertiary/aromatic N) is 2. The molecule has 0 fully saturated rings. The molecule has 98 valence electrons. The van der Waals surface area contributed by atoms with Crippen LogP contribution < -0.4 is 5.62 Å². The molecule has 0 amide bonds. The molecule has 1 aromatic heterocycles. The zero-order valence-electron chi connectivity index (χ0n) is 11.3. The molecule has 1 N–H and O–H groups in total. The minimum absolute atomic E-state index is 0.504. The lowest BCUT2D eigenvalue weighted by molar-refractivity contribution is 0.768. The molecule has 0 radical (unpaired) electrons. The second-order valence-electron chi connectivity index (χ2n) is 5.25. The van der Waals surface area contributed by atoms with Gasteiger partial charge in [-0.1, -0.05) is 42.5 Å². The summed E-state index contributed by atoms with van der Waals surface area (Å²) >= 11 is 0. The summed E-state index contributed by atoms with van der Waals surface area (Å²) in [6.45, 7) is 0. The molecule has 3 nitrogen and oxygen atoms in total. The molecular weight excluding hydrogens is 246 g/mol. The SMILES string of the molecule is Cn1cc2n(c1=N)-c1ccccc1Cc1ccccc1-2. The number of para-hydroxylation sites is 1. The van der Waals surface area contributed by atoms with E-state index in [1.807, 2.05) is 28.4 Å². The normalized spacial score (nSPS) is 12.2. The smallest absolute Gasteiger partial charge is 0.206 e. The van der Waals surface area contributed by atoms with E-state index in [4.69, 9.17) is 5.41 Å². The first-order valence-corrected chi connectivity index (χ1v) is 6.75. The number of aryl methyl sites for hydroxylation is 1. The lowest BCUT2D eigenvalue weighted by atomic mass is 9.99. The summed E-state index contributed by atoms with van der Waals surface area (Å²) < 4.78 is 3.91. The number of hydrogen-bond acceptors (Lipinski definition) is 1. The Morgan fingerprint density at radius 2 is 1.65 bits per heavy atom. The zero-order valence-corrected chi connectivity index (χ0v) is 11.3. The number of rotatable bonds is 0. The topological polar surface area (TPSA) is 33.7 Å². The zero-order chi connectivity index (χ0) is 13.7. The van der Waals surface area contributed by atoms with E-state index in [0.29, 0.717) is 5.62 Å². The van der Waals surface area contributed by atoms with Crippen LogP contribution in [0.2, 0.25) is 0 Å². The third-order valence-corrected chi connectivity index (χ3v) is 4.01. The number of fused-ring (bicyclic) bond motifs is 5. The monoisotopic (exact) mass is 261 g/mol. The van der Waals surface area contributed by atoms with Crippen LogP contribution in [0.4, 0.5) is 0 Å². The third-order valence-electron chi connectivity index (χ3n) is 4.01. The Balaban J connectivity index is 2.19. The summed E-state index contributed by atoms with van der Waals surface area (Å²) in [4.78, 5) is 0. The third kappa shape index (κ3) is 1.43. The van der Waals surface area contributed by atoms with Crippen LogP contribution >= 0.6 is 0 Å². The molecule has 2 aromatic carbocycles. The van der Waals surface area contributed by atoms with Gasteiger partial charge in [0, 0.05) is 25.2 Å². The van der Waals surface area contributed by atoms with Crippen molar-refractivity contribution in [2.24, 2.45) is 7.05 Å². The number of imidazole rings is 1. The molecule has 4 rings (SSSR count). The predicted molar refractivity (Wildman–Crippen MR) is 78.8 cm³/mol. The van der Waals surface area contributed by atoms with E-state index in [-0.39, 0.29) is 0 Å². The highest BCUT2D eigenvalue weighted by Gasteiger charge is 2.20. The highest BCUT2D eigenvalue weighted by atomic mass is 15.2. The molecule has 0 atom stereocenters. The average molecular weight is 261 g/mol. The first-order valence-electron chi connectivity index (χ1n) is 6.75. The molecule has 0 unspecified atom stereocenters. The second-order valence-corrected chi connectivity index (χ2v) is 5.25. The minimum Gasteiger partial charge on any atom is -0.320 e. The van der Waals surface area contributed by atoms with Crippen LogP contribution in [0.3, 0.4) is 0 Å². The molecule has 3 aromatic rings. The van der Waals surface area contributed by atoms with E-state index in [9.17, 15) is 0 Å². The fourth-order valence-corrected chi connectivity index (χ4v) is 3.02. The summed E-state index contributed by atoms with van der Waals surface area (Å²) in [6.07, 6.45) is 2.96. The number of nitrogens with one attached hydrogen (secondary N) is 1. The van der Waals surface area contributed by atoms with E-state index >= 15 is 0 Å². The van der Waals surface area contributed by atoms with Gasteiger partial charge in [0.25, 0.3) is 0 Å². The van der Waals surface area contributed by atoms with Gasteiger partial charge < -0.3 is 4.57 Å². The lowest BCUT2D eigenvalue weighted by Crippen LogP contribution is -2.21. The largest absolute Gasteiger partial charge is 0.320 e. The van der Waals surface area contributed by atoms with Gasteiger partial charge in [-0.25, -0.2) is 0 Å². The fourth-order valence-electron chi connectivity index (χ4n) is 3.02. The van der Waals surface area contributed by atoms with Crippen molar-refractivity contribution in [1.29, 1.82) is 5.41 Å². The van der Waals surface area contributed by atoms with E-state index < -0.39 is 0 Å². The first-order chi connectivity index (χ1) is 9.75. The van der Waals surface area contributed by atoms with E-state index in [1.54, 1.807) is 0 Å². The molecule has 20 heavy (non-hydrogen) atoms. The van der Waals surface area contributed by atoms with Crippen molar-refractivity contribution in [3.8, 4) is 16.9 Å². The van der Waals surface area contributed by atoms with Crippen LogP contribution in [0.1, 0.15) is 11.1 Å². The molecular formula is C17H15N3. The molecule has 0 saturated heterocycles. The fraction of sp³-hybridized carbons (Fsp3) is 0.118. The van der Waals surface area contributed by atoms with E-state index in [0.717, 1.165) is 17.8 Å². The molecule has 1 aliphatic heterocycles. The van der Waals surface area contributed by atoms with Crippen molar-refractivity contribution in [1.82, 2.24) is 9.13 Å². The maximum atomic E-state index is 8.35. The van der Waals surface area contributed by atoms with Crippen LogP contribution in [-0.2, 0) is 13.5 Å². The molecule has 2 heterocycles. The Morgan fingerprint density at radius 1 is 0.950 bits per heavy atom. The van der Waals surface area contributed by atoms with Gasteiger partial charge in [0.05, 0.1) is 11.4 Å². The number of hydrogen-bond donors (Lipinski definition) is 1. The first kappa shape index (κ1) is 11.3. The summed E-state index contributed by atoms with van der Waals surface area (Å²) in [5, 5.41) is 8.35. The van der Waals surface area contributed by atoms with Crippen molar-refractivity contribution < 1.29 is 0 Å². The van der Waals surface area contributed by atoms with Crippen LogP contribution in [0.15, 0.2) is 54.7 Å². The highest BCUT2D eigenvalue weighted by Crippen LogP contribution is 2.32. The highest BCUT2D eigenvalue weighted by molar-refractivity contribution is 5.69. The Labute approximate surface area is 117 Å². The second kappa shape index (κ2) is 3.97. The summed E-state index contributed by atoms with van der Waals surface area (Å²) in [7, 11) is 1.93. The van der Waals surface area contributed by atoms with Crippen molar-refractivity contribution in [3.05, 3.63) is 71.5 Å². The Hall–Kier alpha value is -2.55. The predicted octanol–water partition coefficient (Wildman–Crippen LogP) is 2.87. The number of aromatic nitrogens is 2. The van der Waals surface area contributed by atoms with E-state index in [1.165, 1.54) is 16.7 Å². The van der Waals surface area contributed by atoms with Crippen molar-refractivity contribution in [2.75, 3.05) is 0 Å². The van der Waals surface area contributed by atoms with E-state index in [2.05, 4.69) is 42.5 Å². The van der Waals surface area contributed by atoms with Gasteiger partial charge >= 0.3 is 0 Å². The van der Waals surface area contributed by atoms with Crippen molar-refractivity contribution >= 4 is 0 Å². The molecule has 0 bridgehead atoms. The van der Waals surface area contributed by atoms with Crippen LogP contribution in [0.25, 0.3) is 16.9 Å². The lowest BCUT2D eigenvalue weighted by Gasteiger charge is -2.08. The standard InChI is InChI=1S/C17H15N3/c1-19-11-16-14-8-4-2-6-12(14)10-13-7-3-5-9-15(13)20(16)17(19)18/h2-9,11,18H,10H2,1H3. The summed E-state index contributed by atoms with van der Waals surface area (Å²) in [5.74, 6) is 0. The Bertz CT molecular complexity index is 868. The summed E-state index contributed by atoms with van der Waals surface area (Å²) in [5.41, 5.74) is 6.52. The minimum atomic E-state index is 0.504. The van der Waals surface area contributed by atoms with Gasteiger partial charge in [0.15, 0.2) is 0 Å². The maximum Gasteiger partial charge on any atom is 0.206 e. The molecule has 1 aliphatic rings. The molecule has 0 saturated carbocycles. The molecule has 3 heteroatoms. The molecule has 0 spiro atoms. The maximum absolute atomic E-state index is 8.35. The Kier molecular flexibility index (Phi) is 2.24. The molecule has 0 aliphatic carbocycles. The van der Waals surface area contributed by atoms with Gasteiger partial charge in [0.2, 0.25) is 5.62 Å².